The van der Waals surface area contributed by atoms with Crippen molar-refractivity contribution in [3.63, 3.8) is 0 Å². The first-order valence-electron chi connectivity index (χ1n) is 5.74. The van der Waals surface area contributed by atoms with Crippen LogP contribution in [0.15, 0.2) is 35.4 Å². The predicted octanol–water partition coefficient (Wildman–Crippen LogP) is 2.51. The summed E-state index contributed by atoms with van der Waals surface area (Å²) < 4.78 is 13.4. The van der Waals surface area contributed by atoms with Crippen molar-refractivity contribution in [2.75, 3.05) is 0 Å². The third-order valence-corrected chi connectivity index (χ3v) is 3.85. The summed E-state index contributed by atoms with van der Waals surface area (Å²) in [7, 11) is 0. The van der Waals surface area contributed by atoms with Gasteiger partial charge in [-0.3, -0.25) is 0 Å². The van der Waals surface area contributed by atoms with Crippen molar-refractivity contribution in [1.29, 1.82) is 0 Å². The van der Waals surface area contributed by atoms with Gasteiger partial charge in [-0.15, -0.1) is 11.8 Å². The molecule has 3 nitrogen and oxygen atoms in total. The van der Waals surface area contributed by atoms with Crippen LogP contribution in [0.25, 0.3) is 0 Å². The molecule has 1 aromatic carbocycles. The lowest BCUT2D eigenvalue weighted by atomic mass is 10.3. The highest BCUT2D eigenvalue weighted by atomic mass is 32.2. The van der Waals surface area contributed by atoms with Crippen LogP contribution >= 0.6 is 11.8 Å². The van der Waals surface area contributed by atoms with Crippen molar-refractivity contribution < 1.29 is 4.39 Å². The molecule has 0 amide bonds. The van der Waals surface area contributed by atoms with Crippen molar-refractivity contribution in [3.05, 3.63) is 53.4 Å². The summed E-state index contributed by atoms with van der Waals surface area (Å²) in [5, 5.41) is 3.23. The van der Waals surface area contributed by atoms with Crippen molar-refractivity contribution in [3.8, 4) is 0 Å². The van der Waals surface area contributed by atoms with Crippen molar-refractivity contribution in [1.82, 2.24) is 15.3 Å². The Balaban J connectivity index is 1.72. The van der Waals surface area contributed by atoms with E-state index in [1.807, 2.05) is 12.3 Å². The summed E-state index contributed by atoms with van der Waals surface area (Å²) in [4.78, 5) is 9.42. The van der Waals surface area contributed by atoms with E-state index < -0.39 is 0 Å². The Bertz CT molecular complexity index is 574. The van der Waals surface area contributed by atoms with Crippen LogP contribution in [0.3, 0.4) is 0 Å². The lowest BCUT2D eigenvalue weighted by molar-refractivity contribution is 0.602. The molecule has 1 aliphatic rings. The number of halogens is 1. The maximum atomic E-state index is 13.4. The molecule has 0 saturated heterocycles. The van der Waals surface area contributed by atoms with Gasteiger partial charge in [0.1, 0.15) is 11.6 Å². The smallest absolute Gasteiger partial charge is 0.138 e. The Morgan fingerprint density at radius 1 is 1.28 bits per heavy atom. The molecule has 1 aromatic heterocycles. The minimum absolute atomic E-state index is 0.190. The molecule has 2 heterocycles. The lowest BCUT2D eigenvalue weighted by Crippen LogP contribution is -2.01. The van der Waals surface area contributed by atoms with Gasteiger partial charge in [0.2, 0.25) is 0 Å². The Labute approximate surface area is 109 Å². The van der Waals surface area contributed by atoms with E-state index in [0.29, 0.717) is 10.6 Å². The first-order valence-corrected chi connectivity index (χ1v) is 6.73. The highest BCUT2D eigenvalue weighted by Gasteiger charge is 2.13. The number of fused-ring (bicyclic) bond motifs is 1. The van der Waals surface area contributed by atoms with E-state index in [4.69, 9.17) is 0 Å². The number of hydrogen-bond acceptors (Lipinski definition) is 4. The van der Waals surface area contributed by atoms with Crippen molar-refractivity contribution >= 4 is 11.8 Å². The van der Waals surface area contributed by atoms with E-state index >= 15 is 0 Å². The van der Waals surface area contributed by atoms with Crippen LogP contribution in [-0.4, -0.2) is 9.97 Å². The summed E-state index contributed by atoms with van der Waals surface area (Å²) in [5.41, 5.74) is 2.23. The highest BCUT2D eigenvalue weighted by molar-refractivity contribution is 7.98. The SMILES string of the molecule is Fc1ccccc1SCc1ncc2c(n1)CNC2. The van der Waals surface area contributed by atoms with Crippen LogP contribution in [0.1, 0.15) is 17.1 Å². The second-order valence-electron chi connectivity index (χ2n) is 4.08. The Morgan fingerprint density at radius 2 is 2.17 bits per heavy atom. The van der Waals surface area contributed by atoms with E-state index in [1.165, 1.54) is 17.8 Å². The Hall–Kier alpha value is -1.46. The number of rotatable bonds is 3. The average molecular weight is 261 g/mol. The monoisotopic (exact) mass is 261 g/mol. The number of thioether (sulfide) groups is 1. The van der Waals surface area contributed by atoms with Crippen LogP contribution in [0.4, 0.5) is 4.39 Å². The van der Waals surface area contributed by atoms with Gasteiger partial charge in [0.05, 0.1) is 11.4 Å². The molecular formula is C13H12FN3S. The van der Waals surface area contributed by atoms with E-state index in [1.54, 1.807) is 12.1 Å². The average Bonchev–Trinajstić information content (AvgIpc) is 2.85. The van der Waals surface area contributed by atoms with Crippen molar-refractivity contribution in [2.45, 2.75) is 23.7 Å². The number of aromatic nitrogens is 2. The van der Waals surface area contributed by atoms with Gasteiger partial charge in [0.15, 0.2) is 0 Å². The van der Waals surface area contributed by atoms with Crippen LogP contribution < -0.4 is 5.32 Å². The van der Waals surface area contributed by atoms with Gasteiger partial charge in [-0.2, -0.15) is 0 Å². The zero-order valence-corrected chi connectivity index (χ0v) is 10.5. The number of nitrogens with zero attached hydrogens (tertiary/aromatic N) is 2. The summed E-state index contributed by atoms with van der Waals surface area (Å²) >= 11 is 1.43. The molecular weight excluding hydrogens is 249 g/mol. The molecule has 3 rings (SSSR count). The molecule has 92 valence electrons. The zero-order valence-electron chi connectivity index (χ0n) is 9.69. The zero-order chi connectivity index (χ0) is 12.4. The van der Waals surface area contributed by atoms with Gasteiger partial charge >= 0.3 is 0 Å². The quantitative estimate of drug-likeness (QED) is 0.862. The van der Waals surface area contributed by atoms with Gasteiger partial charge in [0.25, 0.3) is 0 Å². The topological polar surface area (TPSA) is 37.8 Å². The van der Waals surface area contributed by atoms with Gasteiger partial charge in [0, 0.05) is 29.7 Å². The minimum Gasteiger partial charge on any atom is -0.307 e. The van der Waals surface area contributed by atoms with Crippen molar-refractivity contribution in [2.24, 2.45) is 0 Å². The summed E-state index contributed by atoms with van der Waals surface area (Å²) in [6.45, 7) is 1.64. The van der Waals surface area contributed by atoms with Gasteiger partial charge in [-0.25, -0.2) is 14.4 Å². The van der Waals surface area contributed by atoms with E-state index in [9.17, 15) is 4.39 Å². The predicted molar refractivity (Wildman–Crippen MR) is 68.5 cm³/mol. The fraction of sp³-hybridized carbons (Fsp3) is 0.231. The molecule has 5 heteroatoms. The molecule has 0 radical (unpaired) electrons. The fourth-order valence-electron chi connectivity index (χ4n) is 1.87. The normalized spacial score (nSPS) is 13.6. The molecule has 1 N–H and O–H groups in total. The van der Waals surface area contributed by atoms with Crippen LogP contribution in [0.5, 0.6) is 0 Å². The largest absolute Gasteiger partial charge is 0.307 e. The van der Waals surface area contributed by atoms with Crippen LogP contribution in [0, 0.1) is 5.82 Å². The molecule has 0 bridgehead atoms. The van der Waals surface area contributed by atoms with E-state index in [0.717, 1.165) is 30.2 Å². The number of nitrogens with one attached hydrogen (secondary N) is 1. The fourth-order valence-corrected chi connectivity index (χ4v) is 2.68. The van der Waals surface area contributed by atoms with Gasteiger partial charge in [-0.05, 0) is 12.1 Å². The third kappa shape index (κ3) is 2.37. The van der Waals surface area contributed by atoms with Gasteiger partial charge < -0.3 is 5.32 Å². The maximum absolute atomic E-state index is 13.4. The molecule has 0 saturated carbocycles. The Kier molecular flexibility index (Phi) is 3.25. The third-order valence-electron chi connectivity index (χ3n) is 2.81. The molecule has 0 spiro atoms. The summed E-state index contributed by atoms with van der Waals surface area (Å²) in [5.74, 6) is 1.16. The molecule has 0 unspecified atom stereocenters. The van der Waals surface area contributed by atoms with Crippen LogP contribution in [-0.2, 0) is 18.8 Å². The molecule has 18 heavy (non-hydrogen) atoms. The lowest BCUT2D eigenvalue weighted by Gasteiger charge is -2.03. The first-order chi connectivity index (χ1) is 8.83. The second kappa shape index (κ2) is 5.04. The number of hydrogen-bond donors (Lipinski definition) is 1. The van der Waals surface area contributed by atoms with E-state index in [-0.39, 0.29) is 5.82 Å². The summed E-state index contributed by atoms with van der Waals surface area (Å²) in [6, 6.07) is 6.76. The highest BCUT2D eigenvalue weighted by Crippen LogP contribution is 2.24. The first kappa shape index (κ1) is 11.6. The molecule has 1 aliphatic heterocycles. The number of benzene rings is 1. The molecule has 0 aliphatic carbocycles. The Morgan fingerprint density at radius 3 is 3.06 bits per heavy atom. The molecule has 0 atom stereocenters. The van der Waals surface area contributed by atoms with Gasteiger partial charge in [-0.1, -0.05) is 12.1 Å². The summed E-state index contributed by atoms with van der Waals surface area (Å²) in [6.07, 6.45) is 1.86. The molecule has 2 aromatic rings. The second-order valence-corrected chi connectivity index (χ2v) is 5.10. The maximum Gasteiger partial charge on any atom is 0.138 e. The molecule has 0 fully saturated rings. The van der Waals surface area contributed by atoms with E-state index in [2.05, 4.69) is 15.3 Å². The van der Waals surface area contributed by atoms with Crippen LogP contribution in [0.2, 0.25) is 0 Å². The standard InChI is InChI=1S/C13H12FN3S/c14-10-3-1-2-4-12(10)18-8-13-16-6-9-5-15-7-11(9)17-13/h1-4,6,15H,5,7-8H2. The minimum atomic E-state index is -0.190.